The summed E-state index contributed by atoms with van der Waals surface area (Å²) in [7, 11) is 1.73. The number of allylic oxidation sites excluding steroid dienone is 2. The van der Waals surface area contributed by atoms with E-state index in [0.29, 0.717) is 0 Å². The van der Waals surface area contributed by atoms with E-state index in [4.69, 9.17) is 0 Å². The largest absolute Gasteiger partial charge is 0.345 e. The standard InChI is InChI=1S/C8H14N2/c1-5-7(3)10-8(6-2)9-4/h5-6H,2H2,1,3-4H3,(H,9,10)/b7-5-. The van der Waals surface area contributed by atoms with Gasteiger partial charge < -0.3 is 5.32 Å². The number of amidine groups is 1. The number of hydrogen-bond acceptors (Lipinski definition) is 1. The SMILES string of the molecule is C=CC(=NC)N/C(C)=C\C. The van der Waals surface area contributed by atoms with Gasteiger partial charge in [0.25, 0.3) is 0 Å². The Morgan fingerprint density at radius 2 is 2.20 bits per heavy atom. The maximum Gasteiger partial charge on any atom is 0.124 e. The summed E-state index contributed by atoms with van der Waals surface area (Å²) >= 11 is 0. The molecular formula is C8H14N2. The predicted octanol–water partition coefficient (Wildman–Crippen LogP) is 1.71. The molecule has 0 aromatic carbocycles. The molecule has 0 unspecified atom stereocenters. The highest BCUT2D eigenvalue weighted by Crippen LogP contribution is 1.85. The normalized spacial score (nSPS) is 13.1. The molecule has 0 atom stereocenters. The maximum absolute atomic E-state index is 3.94. The van der Waals surface area contributed by atoms with Gasteiger partial charge in [-0.2, -0.15) is 0 Å². The molecule has 0 spiro atoms. The Morgan fingerprint density at radius 1 is 1.60 bits per heavy atom. The van der Waals surface area contributed by atoms with Crippen LogP contribution in [-0.4, -0.2) is 12.9 Å². The van der Waals surface area contributed by atoms with Crippen molar-refractivity contribution < 1.29 is 0 Å². The van der Waals surface area contributed by atoms with Gasteiger partial charge in [0.1, 0.15) is 5.84 Å². The van der Waals surface area contributed by atoms with E-state index in [1.54, 1.807) is 13.1 Å². The van der Waals surface area contributed by atoms with Crippen molar-refractivity contribution in [2.75, 3.05) is 7.05 Å². The second-order valence-electron chi connectivity index (χ2n) is 1.91. The quantitative estimate of drug-likeness (QED) is 0.456. The molecule has 0 fully saturated rings. The van der Waals surface area contributed by atoms with E-state index >= 15 is 0 Å². The third-order valence-electron chi connectivity index (χ3n) is 1.19. The van der Waals surface area contributed by atoms with Gasteiger partial charge in [-0.25, -0.2) is 0 Å². The van der Waals surface area contributed by atoms with Gasteiger partial charge in [0.05, 0.1) is 0 Å². The molecule has 0 radical (unpaired) electrons. The number of rotatable bonds is 2. The Bertz CT molecular complexity index is 166. The van der Waals surface area contributed by atoms with Crippen molar-refractivity contribution >= 4 is 5.84 Å². The number of nitrogens with zero attached hydrogens (tertiary/aromatic N) is 1. The Balaban J connectivity index is 4.00. The molecule has 0 aliphatic heterocycles. The molecule has 0 rings (SSSR count). The van der Waals surface area contributed by atoms with E-state index in [9.17, 15) is 0 Å². The lowest BCUT2D eigenvalue weighted by molar-refractivity contribution is 1.10. The lowest BCUT2D eigenvalue weighted by Crippen LogP contribution is -2.18. The minimum atomic E-state index is 0.801. The highest BCUT2D eigenvalue weighted by molar-refractivity contribution is 5.93. The lowest BCUT2D eigenvalue weighted by Gasteiger charge is -2.03. The Morgan fingerprint density at radius 3 is 2.50 bits per heavy atom. The summed E-state index contributed by atoms with van der Waals surface area (Å²) in [6.45, 7) is 7.55. The van der Waals surface area contributed by atoms with E-state index in [0.717, 1.165) is 11.5 Å². The highest BCUT2D eigenvalue weighted by Gasteiger charge is 1.88. The van der Waals surface area contributed by atoms with Crippen LogP contribution >= 0.6 is 0 Å². The van der Waals surface area contributed by atoms with Crippen LogP contribution in [0.3, 0.4) is 0 Å². The molecule has 0 bridgehead atoms. The first-order chi connectivity index (χ1) is 4.74. The van der Waals surface area contributed by atoms with Crippen molar-refractivity contribution in [3.8, 4) is 0 Å². The fourth-order valence-corrected chi connectivity index (χ4v) is 0.472. The lowest BCUT2D eigenvalue weighted by atomic mass is 10.4. The molecule has 0 saturated carbocycles. The van der Waals surface area contributed by atoms with Gasteiger partial charge >= 0.3 is 0 Å². The van der Waals surface area contributed by atoms with Crippen LogP contribution in [0.2, 0.25) is 0 Å². The van der Waals surface area contributed by atoms with E-state index in [2.05, 4.69) is 16.9 Å². The molecule has 2 heteroatoms. The van der Waals surface area contributed by atoms with Crippen LogP contribution in [0.15, 0.2) is 29.4 Å². The third-order valence-corrected chi connectivity index (χ3v) is 1.19. The number of nitrogens with one attached hydrogen (secondary N) is 1. The van der Waals surface area contributed by atoms with Crippen LogP contribution in [0.4, 0.5) is 0 Å². The highest BCUT2D eigenvalue weighted by atomic mass is 15.0. The predicted molar refractivity (Wildman–Crippen MR) is 46.1 cm³/mol. The minimum absolute atomic E-state index is 0.801. The minimum Gasteiger partial charge on any atom is -0.345 e. The topological polar surface area (TPSA) is 24.4 Å². The zero-order valence-corrected chi connectivity index (χ0v) is 6.81. The molecule has 56 valence electrons. The van der Waals surface area contributed by atoms with Crippen molar-refractivity contribution in [3.05, 3.63) is 24.4 Å². The number of aliphatic imine (C=N–C) groups is 1. The summed E-state index contributed by atoms with van der Waals surface area (Å²) in [6.07, 6.45) is 3.67. The molecule has 2 nitrogen and oxygen atoms in total. The average Bonchev–Trinajstić information content (AvgIpc) is 1.99. The average molecular weight is 138 g/mol. The monoisotopic (exact) mass is 138 g/mol. The van der Waals surface area contributed by atoms with Gasteiger partial charge in [0.15, 0.2) is 0 Å². The van der Waals surface area contributed by atoms with Gasteiger partial charge in [-0.1, -0.05) is 12.7 Å². The summed E-state index contributed by atoms with van der Waals surface area (Å²) < 4.78 is 0. The molecule has 1 N–H and O–H groups in total. The second-order valence-corrected chi connectivity index (χ2v) is 1.91. The molecular weight excluding hydrogens is 124 g/mol. The van der Waals surface area contributed by atoms with Gasteiger partial charge in [-0.15, -0.1) is 0 Å². The Kier molecular flexibility index (Phi) is 4.29. The van der Waals surface area contributed by atoms with Crippen LogP contribution in [0.5, 0.6) is 0 Å². The van der Waals surface area contributed by atoms with Gasteiger partial charge in [0.2, 0.25) is 0 Å². The smallest absolute Gasteiger partial charge is 0.124 e. The fourth-order valence-electron chi connectivity index (χ4n) is 0.472. The Labute approximate surface area is 62.4 Å². The second kappa shape index (κ2) is 4.79. The van der Waals surface area contributed by atoms with Gasteiger partial charge in [-0.3, -0.25) is 4.99 Å². The number of hydrogen-bond donors (Lipinski definition) is 1. The van der Waals surface area contributed by atoms with Crippen molar-refractivity contribution in [2.45, 2.75) is 13.8 Å². The first-order valence-electron chi connectivity index (χ1n) is 3.23. The maximum atomic E-state index is 3.94. The molecule has 0 aliphatic carbocycles. The molecule has 0 aromatic rings. The molecule has 0 amide bonds. The summed E-state index contributed by atoms with van der Waals surface area (Å²) in [5.41, 5.74) is 1.08. The molecule has 0 aromatic heterocycles. The first kappa shape index (κ1) is 8.95. The zero-order chi connectivity index (χ0) is 7.98. The summed E-state index contributed by atoms with van der Waals surface area (Å²) in [5.74, 6) is 0.801. The van der Waals surface area contributed by atoms with Crippen LogP contribution in [0.1, 0.15) is 13.8 Å². The molecule has 10 heavy (non-hydrogen) atoms. The molecule has 0 aliphatic rings. The Hall–Kier alpha value is -1.05. The van der Waals surface area contributed by atoms with Crippen LogP contribution in [0.25, 0.3) is 0 Å². The van der Waals surface area contributed by atoms with Crippen LogP contribution in [0, 0.1) is 0 Å². The van der Waals surface area contributed by atoms with Crippen molar-refractivity contribution in [2.24, 2.45) is 4.99 Å². The van der Waals surface area contributed by atoms with E-state index < -0.39 is 0 Å². The van der Waals surface area contributed by atoms with Gasteiger partial charge in [-0.05, 0) is 19.9 Å². The summed E-state index contributed by atoms with van der Waals surface area (Å²) in [4.78, 5) is 3.94. The van der Waals surface area contributed by atoms with Crippen molar-refractivity contribution in [3.63, 3.8) is 0 Å². The van der Waals surface area contributed by atoms with Gasteiger partial charge in [0, 0.05) is 12.7 Å². The third kappa shape index (κ3) is 3.07. The van der Waals surface area contributed by atoms with Crippen LogP contribution < -0.4 is 5.32 Å². The fraction of sp³-hybridized carbons (Fsp3) is 0.375. The van der Waals surface area contributed by atoms with Crippen molar-refractivity contribution in [1.29, 1.82) is 0 Å². The zero-order valence-electron chi connectivity index (χ0n) is 6.81. The van der Waals surface area contributed by atoms with Crippen molar-refractivity contribution in [1.82, 2.24) is 5.32 Å². The van der Waals surface area contributed by atoms with E-state index in [1.165, 1.54) is 0 Å². The first-order valence-corrected chi connectivity index (χ1v) is 3.23. The van der Waals surface area contributed by atoms with E-state index in [1.807, 2.05) is 19.9 Å². The van der Waals surface area contributed by atoms with E-state index in [-0.39, 0.29) is 0 Å². The summed E-state index contributed by atoms with van der Waals surface area (Å²) in [6, 6.07) is 0. The molecule has 0 heterocycles. The molecule has 0 saturated heterocycles. The summed E-state index contributed by atoms with van der Waals surface area (Å²) in [5, 5.41) is 3.06. The van der Waals surface area contributed by atoms with Crippen LogP contribution in [-0.2, 0) is 0 Å².